The number of nitrogens with one attached hydrogen (secondary N) is 1. The molecule has 3 aromatic heterocycles. The van der Waals surface area contributed by atoms with Crippen molar-refractivity contribution in [1.82, 2.24) is 29.3 Å². The number of carbonyl (C=O) groups excluding carboxylic acids is 2. The highest BCUT2D eigenvalue weighted by Gasteiger charge is 2.32. The molecule has 1 amide bonds. The van der Waals surface area contributed by atoms with Crippen molar-refractivity contribution in [2.75, 3.05) is 11.9 Å². The Morgan fingerprint density at radius 2 is 2.05 bits per heavy atom. The van der Waals surface area contributed by atoms with Gasteiger partial charge in [0.2, 0.25) is 5.91 Å². The van der Waals surface area contributed by atoms with E-state index in [0.29, 0.717) is 38.3 Å². The third kappa shape index (κ3) is 4.96. The standard InChI is InChI=1S/C28H27FN8O2/c29-22-3-1-2-18(10-22)14-37-24-5-4-23(12-21(24)13-32-37)34-28-26-20(7-9-36(26)33-17-31-28)15-35-8-6-19(16-38)11-25(35)27(30)39/h1-5,7,9-10,12-13,16-17,19,25H,6,8,11,14-15H2,(H2,30,39)(H,31,33,34). The first-order valence-corrected chi connectivity index (χ1v) is 12.8. The number of halogens is 1. The van der Waals surface area contributed by atoms with Crippen molar-refractivity contribution in [3.63, 3.8) is 0 Å². The van der Waals surface area contributed by atoms with Crippen LogP contribution in [0.15, 0.2) is 67.3 Å². The van der Waals surface area contributed by atoms with E-state index in [-0.39, 0.29) is 11.7 Å². The zero-order valence-corrected chi connectivity index (χ0v) is 21.1. The van der Waals surface area contributed by atoms with Gasteiger partial charge < -0.3 is 15.8 Å². The molecule has 1 fully saturated rings. The second-order valence-corrected chi connectivity index (χ2v) is 9.88. The molecule has 0 bridgehead atoms. The van der Waals surface area contributed by atoms with Gasteiger partial charge in [-0.25, -0.2) is 13.9 Å². The lowest BCUT2D eigenvalue weighted by Gasteiger charge is -2.36. The molecule has 0 radical (unpaired) electrons. The monoisotopic (exact) mass is 526 g/mol. The van der Waals surface area contributed by atoms with Gasteiger partial charge in [-0.1, -0.05) is 12.1 Å². The Labute approximate surface area is 223 Å². The second kappa shape index (κ2) is 10.3. The highest BCUT2D eigenvalue weighted by molar-refractivity contribution is 5.85. The van der Waals surface area contributed by atoms with E-state index < -0.39 is 11.9 Å². The molecule has 1 aliphatic rings. The predicted octanol–water partition coefficient (Wildman–Crippen LogP) is 3.27. The molecule has 198 valence electrons. The molecule has 6 rings (SSSR count). The number of anilines is 2. The fourth-order valence-electron chi connectivity index (χ4n) is 5.34. The van der Waals surface area contributed by atoms with Crippen molar-refractivity contribution < 1.29 is 14.0 Å². The molecule has 0 saturated carbocycles. The molecular formula is C28H27FN8O2. The molecule has 1 saturated heterocycles. The van der Waals surface area contributed by atoms with Crippen LogP contribution >= 0.6 is 0 Å². The van der Waals surface area contributed by atoms with Crippen LogP contribution in [0.4, 0.5) is 15.9 Å². The minimum atomic E-state index is -0.503. The summed E-state index contributed by atoms with van der Waals surface area (Å²) in [6, 6.07) is 13.9. The molecule has 1 aliphatic heterocycles. The maximum absolute atomic E-state index is 13.6. The Kier molecular flexibility index (Phi) is 6.49. The highest BCUT2D eigenvalue weighted by Crippen LogP contribution is 2.29. The first-order valence-electron chi connectivity index (χ1n) is 12.8. The summed E-state index contributed by atoms with van der Waals surface area (Å²) in [5.41, 5.74) is 10.0. The van der Waals surface area contributed by atoms with Crippen molar-refractivity contribution in [3.05, 3.63) is 84.2 Å². The number of likely N-dealkylation sites (tertiary alicyclic amines) is 1. The van der Waals surface area contributed by atoms with Gasteiger partial charge in [0.15, 0.2) is 5.82 Å². The third-order valence-corrected chi connectivity index (χ3v) is 7.31. The number of primary amides is 1. The van der Waals surface area contributed by atoms with E-state index in [0.717, 1.165) is 39.5 Å². The van der Waals surface area contributed by atoms with Gasteiger partial charge in [-0.3, -0.25) is 14.4 Å². The zero-order valence-electron chi connectivity index (χ0n) is 21.1. The normalized spacial score (nSPS) is 18.0. The molecule has 3 N–H and O–H groups in total. The molecule has 2 unspecified atom stereocenters. The van der Waals surface area contributed by atoms with Crippen molar-refractivity contribution in [2.24, 2.45) is 11.7 Å². The predicted molar refractivity (Wildman–Crippen MR) is 144 cm³/mol. The Morgan fingerprint density at radius 3 is 2.87 bits per heavy atom. The van der Waals surface area contributed by atoms with Crippen LogP contribution in [0.25, 0.3) is 16.4 Å². The summed E-state index contributed by atoms with van der Waals surface area (Å²) in [5, 5.41) is 13.2. The Bertz CT molecular complexity index is 1680. The average molecular weight is 527 g/mol. The van der Waals surface area contributed by atoms with Gasteiger partial charge in [-0.05, 0) is 66.9 Å². The lowest BCUT2D eigenvalue weighted by atomic mass is 9.91. The van der Waals surface area contributed by atoms with Crippen LogP contribution in [-0.2, 0) is 22.7 Å². The minimum Gasteiger partial charge on any atom is -0.368 e. The first kappa shape index (κ1) is 24.7. The van der Waals surface area contributed by atoms with E-state index in [2.05, 4.69) is 20.5 Å². The summed E-state index contributed by atoms with van der Waals surface area (Å²) in [4.78, 5) is 30.0. The lowest BCUT2D eigenvalue weighted by molar-refractivity contribution is -0.126. The molecule has 11 heteroatoms. The number of hydrogen-bond acceptors (Lipinski definition) is 7. The van der Waals surface area contributed by atoms with Crippen LogP contribution in [0.5, 0.6) is 0 Å². The van der Waals surface area contributed by atoms with E-state index in [9.17, 15) is 14.0 Å². The van der Waals surface area contributed by atoms with Crippen molar-refractivity contribution in [3.8, 4) is 0 Å². The van der Waals surface area contributed by atoms with Crippen LogP contribution < -0.4 is 11.1 Å². The summed E-state index contributed by atoms with van der Waals surface area (Å²) in [5.74, 6) is -0.231. The number of aromatic nitrogens is 5. The number of nitrogens with zero attached hydrogens (tertiary/aromatic N) is 6. The van der Waals surface area contributed by atoms with Crippen molar-refractivity contribution in [1.29, 1.82) is 0 Å². The zero-order chi connectivity index (χ0) is 26.9. The topological polar surface area (TPSA) is 123 Å². The molecule has 10 nitrogen and oxygen atoms in total. The SMILES string of the molecule is NC(=O)C1CC(C=O)CCN1Cc1ccn2ncnc(Nc3ccc4c(cnn4Cc4cccc(F)c4)c3)c12. The number of amides is 1. The average Bonchev–Trinajstić information content (AvgIpc) is 3.53. The van der Waals surface area contributed by atoms with Crippen LogP contribution in [0.2, 0.25) is 0 Å². The Morgan fingerprint density at radius 1 is 1.15 bits per heavy atom. The quantitative estimate of drug-likeness (QED) is 0.298. The van der Waals surface area contributed by atoms with E-state index in [1.165, 1.54) is 18.5 Å². The number of hydrogen-bond donors (Lipinski definition) is 2. The van der Waals surface area contributed by atoms with E-state index in [1.54, 1.807) is 16.8 Å². The number of benzene rings is 2. The van der Waals surface area contributed by atoms with Crippen molar-refractivity contribution >= 4 is 40.1 Å². The maximum Gasteiger partial charge on any atom is 0.234 e. The van der Waals surface area contributed by atoms with Gasteiger partial charge in [0.25, 0.3) is 0 Å². The summed E-state index contributed by atoms with van der Waals surface area (Å²) >= 11 is 0. The van der Waals surface area contributed by atoms with Gasteiger partial charge in [0, 0.05) is 29.7 Å². The largest absolute Gasteiger partial charge is 0.368 e. The third-order valence-electron chi connectivity index (χ3n) is 7.31. The summed E-state index contributed by atoms with van der Waals surface area (Å²) in [7, 11) is 0. The fraction of sp³-hybridized carbons (Fsp3) is 0.250. The summed E-state index contributed by atoms with van der Waals surface area (Å²) in [6.45, 7) is 1.54. The molecular weight excluding hydrogens is 499 g/mol. The van der Waals surface area contributed by atoms with E-state index in [4.69, 9.17) is 5.73 Å². The number of fused-ring (bicyclic) bond motifs is 2. The Balaban J connectivity index is 1.26. The highest BCUT2D eigenvalue weighted by atomic mass is 19.1. The van der Waals surface area contributed by atoms with Gasteiger partial charge in [-0.2, -0.15) is 10.2 Å². The molecule has 4 heterocycles. The van der Waals surface area contributed by atoms with Crippen LogP contribution in [0, 0.1) is 11.7 Å². The number of carbonyl (C=O) groups is 2. The molecule has 2 atom stereocenters. The maximum atomic E-state index is 13.6. The number of rotatable bonds is 8. The van der Waals surface area contributed by atoms with Gasteiger partial charge in [0.05, 0.1) is 24.3 Å². The molecule has 2 aromatic carbocycles. The fourth-order valence-corrected chi connectivity index (χ4v) is 5.34. The lowest BCUT2D eigenvalue weighted by Crippen LogP contribution is -2.49. The number of nitrogens with two attached hydrogens (primary N) is 1. The van der Waals surface area contributed by atoms with Crippen LogP contribution in [-0.4, -0.2) is 54.1 Å². The van der Waals surface area contributed by atoms with E-state index in [1.807, 2.05) is 46.1 Å². The molecule has 0 aliphatic carbocycles. The van der Waals surface area contributed by atoms with Gasteiger partial charge >= 0.3 is 0 Å². The van der Waals surface area contributed by atoms with Crippen LogP contribution in [0.3, 0.4) is 0 Å². The molecule has 5 aromatic rings. The first-order chi connectivity index (χ1) is 19.0. The molecule has 0 spiro atoms. The smallest absolute Gasteiger partial charge is 0.234 e. The molecule has 39 heavy (non-hydrogen) atoms. The number of piperidine rings is 1. The van der Waals surface area contributed by atoms with Gasteiger partial charge in [0.1, 0.15) is 23.9 Å². The summed E-state index contributed by atoms with van der Waals surface area (Å²) < 4.78 is 17.2. The summed E-state index contributed by atoms with van der Waals surface area (Å²) in [6.07, 6.45) is 7.15. The van der Waals surface area contributed by atoms with Gasteiger partial charge in [-0.15, -0.1) is 0 Å². The van der Waals surface area contributed by atoms with Crippen LogP contribution in [0.1, 0.15) is 24.0 Å². The number of aldehydes is 1. The second-order valence-electron chi connectivity index (χ2n) is 9.88. The van der Waals surface area contributed by atoms with Crippen molar-refractivity contribution in [2.45, 2.75) is 32.0 Å². The Hall–Kier alpha value is -4.64. The van der Waals surface area contributed by atoms with E-state index >= 15 is 0 Å². The minimum absolute atomic E-state index is 0.154.